The number of rotatable bonds is 5. The normalized spacial score (nSPS) is 25.7. The smallest absolute Gasteiger partial charge is 0.185 e. The van der Waals surface area contributed by atoms with E-state index >= 15 is 0 Å². The van der Waals surface area contributed by atoms with E-state index in [0.717, 1.165) is 69.9 Å². The Morgan fingerprint density at radius 1 is 1.26 bits per heavy atom. The van der Waals surface area contributed by atoms with Gasteiger partial charge in [-0.1, -0.05) is 0 Å². The lowest BCUT2D eigenvalue weighted by atomic mass is 10.2. The van der Waals surface area contributed by atoms with Crippen molar-refractivity contribution in [3.63, 3.8) is 0 Å². The molecule has 0 bridgehead atoms. The first-order valence-corrected chi connectivity index (χ1v) is 9.39. The van der Waals surface area contributed by atoms with Gasteiger partial charge in [0.1, 0.15) is 0 Å². The minimum atomic E-state index is -0.283. The third kappa shape index (κ3) is 4.64. The van der Waals surface area contributed by atoms with Gasteiger partial charge in [0, 0.05) is 57.2 Å². The topological polar surface area (TPSA) is 52.1 Å². The van der Waals surface area contributed by atoms with Gasteiger partial charge in [0.05, 0.1) is 25.0 Å². The van der Waals surface area contributed by atoms with E-state index in [1.807, 2.05) is 6.92 Å². The van der Waals surface area contributed by atoms with Crippen molar-refractivity contribution in [2.45, 2.75) is 26.0 Å². The third-order valence-electron chi connectivity index (χ3n) is 4.61. The maximum atomic E-state index is 10.4. The highest BCUT2D eigenvalue weighted by Gasteiger charge is 2.27. The molecule has 7 heteroatoms. The molecule has 1 aromatic heterocycles. The zero-order valence-corrected chi connectivity index (χ0v) is 15.0. The maximum absolute atomic E-state index is 10.4. The number of nitrogens with zero attached hydrogens (tertiary/aromatic N) is 4. The molecule has 23 heavy (non-hydrogen) atoms. The fourth-order valence-electron chi connectivity index (χ4n) is 3.39. The molecule has 6 nitrogen and oxygen atoms in total. The Morgan fingerprint density at radius 2 is 2.00 bits per heavy atom. The van der Waals surface area contributed by atoms with Gasteiger partial charge in [0.25, 0.3) is 0 Å². The maximum Gasteiger partial charge on any atom is 0.185 e. The van der Waals surface area contributed by atoms with Crippen LogP contribution in [0.25, 0.3) is 0 Å². The van der Waals surface area contributed by atoms with Crippen LogP contribution in [0.1, 0.15) is 12.6 Å². The number of hydrogen-bond donors (Lipinski definition) is 1. The van der Waals surface area contributed by atoms with Crippen LogP contribution in [0.2, 0.25) is 0 Å². The van der Waals surface area contributed by atoms with Crippen LogP contribution in [-0.2, 0) is 4.74 Å². The largest absolute Gasteiger partial charge is 0.390 e. The molecule has 0 unspecified atom stereocenters. The van der Waals surface area contributed by atoms with Crippen molar-refractivity contribution in [2.75, 3.05) is 63.9 Å². The molecular formula is C16H28N4O2S. The Hall–Kier alpha value is -0.730. The summed E-state index contributed by atoms with van der Waals surface area (Å²) < 4.78 is 5.36. The highest BCUT2D eigenvalue weighted by molar-refractivity contribution is 7.13. The van der Waals surface area contributed by atoms with Gasteiger partial charge in [-0.15, -0.1) is 11.3 Å². The fourth-order valence-corrected chi connectivity index (χ4v) is 4.33. The number of ether oxygens (including phenoxy) is 1. The second-order valence-electron chi connectivity index (χ2n) is 6.64. The van der Waals surface area contributed by atoms with Gasteiger partial charge < -0.3 is 14.7 Å². The van der Waals surface area contributed by atoms with E-state index in [1.54, 1.807) is 11.3 Å². The van der Waals surface area contributed by atoms with Crippen LogP contribution in [0.15, 0.2) is 5.38 Å². The van der Waals surface area contributed by atoms with Crippen LogP contribution in [0.3, 0.4) is 0 Å². The number of aliphatic hydroxyl groups excluding tert-OH is 1. The summed E-state index contributed by atoms with van der Waals surface area (Å²) in [6.07, 6.45) is -0.283. The molecule has 2 saturated heterocycles. The van der Waals surface area contributed by atoms with Crippen molar-refractivity contribution < 1.29 is 9.84 Å². The van der Waals surface area contributed by atoms with Gasteiger partial charge in [0.2, 0.25) is 0 Å². The third-order valence-corrected chi connectivity index (χ3v) is 5.60. The summed E-state index contributed by atoms with van der Waals surface area (Å²) in [5.41, 5.74) is 1.10. The summed E-state index contributed by atoms with van der Waals surface area (Å²) in [4.78, 5) is 11.7. The minimum Gasteiger partial charge on any atom is -0.390 e. The summed E-state index contributed by atoms with van der Waals surface area (Å²) in [6, 6.07) is 0.435. The van der Waals surface area contributed by atoms with E-state index in [4.69, 9.17) is 4.74 Å². The first kappa shape index (κ1) is 17.1. The summed E-state index contributed by atoms with van der Waals surface area (Å²) in [5.74, 6) is 0. The molecule has 3 rings (SSSR count). The standard InChI is InChI=1S/C16H28N4O2S/c1-13-12-23-16(17-13)20-4-3-19(9-14(20)2)11-15(21)10-18-5-7-22-8-6-18/h12,14-15,21H,3-11H2,1-2H3/t14-,15-/m0/s1. The number of aromatic nitrogens is 1. The molecule has 2 atom stereocenters. The van der Waals surface area contributed by atoms with Gasteiger partial charge in [-0.2, -0.15) is 0 Å². The SMILES string of the molecule is Cc1csc(N2CCN(C[C@@H](O)CN3CCOCC3)C[C@@H]2C)n1. The Balaban J connectivity index is 1.45. The first-order valence-electron chi connectivity index (χ1n) is 8.51. The van der Waals surface area contributed by atoms with E-state index in [1.165, 1.54) is 0 Å². The number of aliphatic hydroxyl groups is 1. The fraction of sp³-hybridized carbons (Fsp3) is 0.812. The summed E-state index contributed by atoms with van der Waals surface area (Å²) in [7, 11) is 0. The Morgan fingerprint density at radius 3 is 2.65 bits per heavy atom. The number of piperazine rings is 1. The number of hydrogen-bond acceptors (Lipinski definition) is 7. The van der Waals surface area contributed by atoms with Crippen LogP contribution >= 0.6 is 11.3 Å². The van der Waals surface area contributed by atoms with E-state index in [9.17, 15) is 5.11 Å². The average Bonchev–Trinajstić information content (AvgIpc) is 2.94. The molecule has 2 aliphatic heterocycles. The van der Waals surface area contributed by atoms with E-state index in [2.05, 4.69) is 32.0 Å². The van der Waals surface area contributed by atoms with Crippen LogP contribution < -0.4 is 4.90 Å². The molecule has 1 N–H and O–H groups in total. The number of aryl methyl sites for hydroxylation is 1. The van der Waals surface area contributed by atoms with Crippen LogP contribution in [0, 0.1) is 6.92 Å². The summed E-state index contributed by atoms with van der Waals surface area (Å²) >= 11 is 1.73. The molecule has 0 saturated carbocycles. The molecule has 0 aliphatic carbocycles. The van der Waals surface area contributed by atoms with Crippen LogP contribution in [0.4, 0.5) is 5.13 Å². The molecule has 0 amide bonds. The number of thiazole rings is 1. The van der Waals surface area contributed by atoms with Crippen LogP contribution in [0.5, 0.6) is 0 Å². The first-order chi connectivity index (χ1) is 11.1. The predicted octanol–water partition coefficient (Wildman–Crippen LogP) is 0.655. The minimum absolute atomic E-state index is 0.283. The monoisotopic (exact) mass is 340 g/mol. The summed E-state index contributed by atoms with van der Waals surface area (Å²) in [5, 5.41) is 13.6. The van der Waals surface area contributed by atoms with Crippen molar-refractivity contribution >= 4 is 16.5 Å². The molecule has 2 aliphatic rings. The second-order valence-corrected chi connectivity index (χ2v) is 7.48. The van der Waals surface area contributed by atoms with Gasteiger partial charge >= 0.3 is 0 Å². The second kappa shape index (κ2) is 7.90. The summed E-state index contributed by atoms with van der Waals surface area (Å²) in [6.45, 7) is 12.2. The van der Waals surface area contributed by atoms with Gasteiger partial charge in [-0.25, -0.2) is 4.98 Å². The number of morpholine rings is 1. The zero-order valence-electron chi connectivity index (χ0n) is 14.1. The number of anilines is 1. The van der Waals surface area contributed by atoms with Crippen molar-refractivity contribution in [3.8, 4) is 0 Å². The Bertz CT molecular complexity index is 492. The van der Waals surface area contributed by atoms with Crippen molar-refractivity contribution in [3.05, 3.63) is 11.1 Å². The molecule has 1 aromatic rings. The van der Waals surface area contributed by atoms with Gasteiger partial charge in [-0.3, -0.25) is 9.80 Å². The molecule has 0 spiro atoms. The Kier molecular flexibility index (Phi) is 5.87. The molecular weight excluding hydrogens is 312 g/mol. The number of β-amino-alcohol motifs (C(OH)–C–C–N with tert-alkyl or cyclic N) is 1. The van der Waals surface area contributed by atoms with E-state index in [-0.39, 0.29) is 6.10 Å². The van der Waals surface area contributed by atoms with Gasteiger partial charge in [0.15, 0.2) is 5.13 Å². The van der Waals surface area contributed by atoms with E-state index in [0.29, 0.717) is 6.04 Å². The molecule has 130 valence electrons. The van der Waals surface area contributed by atoms with E-state index < -0.39 is 0 Å². The Labute approximate surface area is 142 Å². The lowest BCUT2D eigenvalue weighted by molar-refractivity contribution is 0.00572. The predicted molar refractivity (Wildman–Crippen MR) is 93.4 cm³/mol. The molecule has 3 heterocycles. The molecule has 0 aromatic carbocycles. The lowest BCUT2D eigenvalue weighted by Gasteiger charge is -2.41. The highest BCUT2D eigenvalue weighted by Crippen LogP contribution is 2.24. The quantitative estimate of drug-likeness (QED) is 0.850. The molecule has 0 radical (unpaired) electrons. The van der Waals surface area contributed by atoms with Crippen molar-refractivity contribution in [1.29, 1.82) is 0 Å². The average molecular weight is 340 g/mol. The highest BCUT2D eigenvalue weighted by atomic mass is 32.1. The zero-order chi connectivity index (χ0) is 16.2. The lowest BCUT2D eigenvalue weighted by Crippen LogP contribution is -2.54. The molecule has 2 fully saturated rings. The van der Waals surface area contributed by atoms with Crippen molar-refractivity contribution in [1.82, 2.24) is 14.8 Å². The van der Waals surface area contributed by atoms with Crippen molar-refractivity contribution in [2.24, 2.45) is 0 Å². The van der Waals surface area contributed by atoms with Crippen LogP contribution in [-0.4, -0.2) is 91.1 Å². The van der Waals surface area contributed by atoms with Gasteiger partial charge in [-0.05, 0) is 13.8 Å².